The van der Waals surface area contributed by atoms with Crippen LogP contribution in [0.1, 0.15) is 27.7 Å². The van der Waals surface area contributed by atoms with Gasteiger partial charge >= 0.3 is 12.2 Å². The summed E-state index contributed by atoms with van der Waals surface area (Å²) in [5.74, 6) is 0. The fourth-order valence-corrected chi connectivity index (χ4v) is 1.19. The number of carboxylic acid groups (broad SMARTS) is 2. The molecule has 82 valence electrons. The lowest BCUT2D eigenvalue weighted by Gasteiger charge is -2.31. The van der Waals surface area contributed by atoms with Crippen molar-refractivity contribution in [3.05, 3.63) is 0 Å². The van der Waals surface area contributed by atoms with Crippen LogP contribution < -0.4 is 5.43 Å². The minimum atomic E-state index is -1.42. The van der Waals surface area contributed by atoms with Crippen molar-refractivity contribution < 1.29 is 24.4 Å². The van der Waals surface area contributed by atoms with Crippen LogP contribution in [0.15, 0.2) is 0 Å². The Hall–Kier alpha value is -1.14. The molecule has 0 radical (unpaired) electrons. The molecule has 0 heterocycles. The third kappa shape index (κ3) is 2.21. The summed E-state index contributed by atoms with van der Waals surface area (Å²) >= 11 is 0. The first-order valence-electron chi connectivity index (χ1n) is 4.38. The Morgan fingerprint density at radius 3 is 1.50 bits per heavy atom. The molecule has 0 atom stereocenters. The zero-order valence-electron chi connectivity index (χ0n) is 8.81. The maximum absolute atomic E-state index is 11.0. The number of quaternary nitrogens is 1. The molecule has 0 aliphatic rings. The fraction of sp³-hybridized carbons (Fsp3) is 0.750. The Morgan fingerprint density at radius 2 is 1.43 bits per heavy atom. The molecule has 0 aromatic rings. The van der Waals surface area contributed by atoms with Crippen LogP contribution in [0.4, 0.5) is 9.59 Å². The van der Waals surface area contributed by atoms with Crippen LogP contribution in [0.3, 0.4) is 0 Å². The fourth-order valence-electron chi connectivity index (χ4n) is 1.19. The molecule has 0 aliphatic carbocycles. The summed E-state index contributed by atoms with van der Waals surface area (Å²) in [7, 11) is 0. The lowest BCUT2D eigenvalue weighted by molar-refractivity contribution is -0.855. The predicted molar refractivity (Wildman–Crippen MR) is 49.7 cm³/mol. The van der Waals surface area contributed by atoms with E-state index < -0.39 is 22.8 Å². The molecular weight excluding hydrogens is 188 g/mol. The average Bonchev–Trinajstić information content (AvgIpc) is 1.97. The molecule has 6 heteroatoms. The van der Waals surface area contributed by atoms with Crippen molar-refractivity contribution in [1.29, 1.82) is 0 Å². The summed E-state index contributed by atoms with van der Waals surface area (Å²) in [4.78, 5) is 21.9. The minimum absolute atomic E-state index is 0.232. The Labute approximate surface area is 82.7 Å². The van der Waals surface area contributed by atoms with E-state index in [1.807, 2.05) is 0 Å². The van der Waals surface area contributed by atoms with Crippen LogP contribution in [0.5, 0.6) is 0 Å². The first kappa shape index (κ1) is 12.9. The highest BCUT2D eigenvalue weighted by atomic mass is 16.5. The number of imide groups is 1. The summed E-state index contributed by atoms with van der Waals surface area (Å²) in [5.41, 5.74) is 2.53. The number of amides is 2. The van der Waals surface area contributed by atoms with Crippen LogP contribution in [0.2, 0.25) is 0 Å². The number of hydrogen-bond acceptors (Lipinski definition) is 3. The monoisotopic (exact) mass is 205 g/mol. The average molecular weight is 205 g/mol. The molecule has 3 N–H and O–H groups in total. The summed E-state index contributed by atoms with van der Waals surface area (Å²) in [6.45, 7) is 6.47. The minimum Gasteiger partial charge on any atom is -0.434 e. The van der Waals surface area contributed by atoms with Crippen LogP contribution in [0.25, 0.3) is 0 Å². The summed E-state index contributed by atoms with van der Waals surface area (Å²) < 4.78 is -1.17. The van der Waals surface area contributed by atoms with Gasteiger partial charge in [0.2, 0.25) is 0 Å². The SMILES string of the molecule is CC(C)N[N+](C(=O)O)(C(=O)O)C(C)C. The molecule has 0 unspecified atom stereocenters. The summed E-state index contributed by atoms with van der Waals surface area (Å²) in [6.07, 6.45) is -2.83. The molecule has 2 amide bonds. The normalized spacial score (nSPS) is 12.1. The quantitative estimate of drug-likeness (QED) is 0.480. The van der Waals surface area contributed by atoms with Gasteiger partial charge in [-0.15, -0.1) is 5.43 Å². The third-order valence-electron chi connectivity index (χ3n) is 1.84. The highest BCUT2D eigenvalue weighted by Crippen LogP contribution is 2.12. The second-order valence-electron chi connectivity index (χ2n) is 3.67. The first-order chi connectivity index (χ1) is 6.25. The number of nitrogens with one attached hydrogen (secondary N) is 1. The van der Waals surface area contributed by atoms with Gasteiger partial charge in [0.1, 0.15) is 6.04 Å². The van der Waals surface area contributed by atoms with Crippen molar-refractivity contribution in [2.24, 2.45) is 0 Å². The van der Waals surface area contributed by atoms with Gasteiger partial charge in [0.05, 0.1) is 6.04 Å². The van der Waals surface area contributed by atoms with Crippen LogP contribution in [-0.4, -0.2) is 39.1 Å². The van der Waals surface area contributed by atoms with E-state index >= 15 is 0 Å². The molecule has 0 fully saturated rings. The van der Waals surface area contributed by atoms with Crippen molar-refractivity contribution in [3.8, 4) is 0 Å². The second kappa shape index (κ2) is 4.39. The van der Waals surface area contributed by atoms with Crippen molar-refractivity contribution in [1.82, 2.24) is 5.43 Å². The molecule has 6 nitrogen and oxygen atoms in total. The van der Waals surface area contributed by atoms with Gasteiger partial charge in [0, 0.05) is 0 Å². The molecule has 0 spiro atoms. The maximum Gasteiger partial charge on any atom is 0.544 e. The lowest BCUT2D eigenvalue weighted by Crippen LogP contribution is -2.69. The van der Waals surface area contributed by atoms with Gasteiger partial charge < -0.3 is 10.2 Å². The first-order valence-corrected chi connectivity index (χ1v) is 4.38. The zero-order valence-corrected chi connectivity index (χ0v) is 8.81. The van der Waals surface area contributed by atoms with Gasteiger partial charge in [-0.2, -0.15) is 9.59 Å². The van der Waals surface area contributed by atoms with Gasteiger partial charge in [-0.05, 0) is 32.3 Å². The Bertz CT molecular complexity index is 223. The van der Waals surface area contributed by atoms with E-state index in [1.165, 1.54) is 13.8 Å². The second-order valence-corrected chi connectivity index (χ2v) is 3.67. The molecular formula is C8H17N2O4+. The molecule has 0 rings (SSSR count). The Morgan fingerprint density at radius 1 is 1.07 bits per heavy atom. The van der Waals surface area contributed by atoms with E-state index in [2.05, 4.69) is 5.43 Å². The molecule has 0 aromatic heterocycles. The van der Waals surface area contributed by atoms with E-state index in [0.717, 1.165) is 0 Å². The maximum atomic E-state index is 11.0. The summed E-state index contributed by atoms with van der Waals surface area (Å²) in [6, 6.07) is -0.822. The lowest BCUT2D eigenvalue weighted by atomic mass is 10.3. The molecule has 0 saturated heterocycles. The highest BCUT2D eigenvalue weighted by Gasteiger charge is 2.50. The molecule has 0 aliphatic heterocycles. The van der Waals surface area contributed by atoms with Crippen LogP contribution in [0, 0.1) is 0 Å². The topological polar surface area (TPSA) is 86.6 Å². The van der Waals surface area contributed by atoms with E-state index in [0.29, 0.717) is 0 Å². The number of rotatable bonds is 3. The standard InChI is InChI=1S/C8H16N2O4/c1-5(2)9-10(6(3)4,7(11)12)8(13)14/h5-6,9H,1-4H3,(H-,11,12,13,14)/p+1. The third-order valence-corrected chi connectivity index (χ3v) is 1.84. The van der Waals surface area contributed by atoms with Crippen molar-refractivity contribution in [2.75, 3.05) is 0 Å². The molecule has 14 heavy (non-hydrogen) atoms. The van der Waals surface area contributed by atoms with E-state index in [9.17, 15) is 9.59 Å². The molecule has 0 aromatic carbocycles. The van der Waals surface area contributed by atoms with Crippen LogP contribution >= 0.6 is 0 Å². The van der Waals surface area contributed by atoms with E-state index in [1.54, 1.807) is 13.8 Å². The van der Waals surface area contributed by atoms with Gasteiger partial charge in [-0.25, -0.2) is 0 Å². The van der Waals surface area contributed by atoms with Crippen molar-refractivity contribution in [2.45, 2.75) is 39.8 Å². The van der Waals surface area contributed by atoms with Crippen molar-refractivity contribution in [3.63, 3.8) is 0 Å². The smallest absolute Gasteiger partial charge is 0.434 e. The number of nitrogens with zero attached hydrogens (tertiary/aromatic N) is 1. The largest absolute Gasteiger partial charge is 0.544 e. The Kier molecular flexibility index (Phi) is 4.03. The van der Waals surface area contributed by atoms with Gasteiger partial charge in [0.25, 0.3) is 0 Å². The molecule has 0 bridgehead atoms. The highest BCUT2D eigenvalue weighted by molar-refractivity contribution is 5.73. The van der Waals surface area contributed by atoms with Gasteiger partial charge in [0.15, 0.2) is 0 Å². The predicted octanol–water partition coefficient (Wildman–Crippen LogP) is 1.48. The number of hydrogen-bond donors (Lipinski definition) is 3. The summed E-state index contributed by atoms with van der Waals surface area (Å²) in [5, 5.41) is 17.9. The van der Waals surface area contributed by atoms with E-state index in [4.69, 9.17) is 10.2 Å². The van der Waals surface area contributed by atoms with Gasteiger partial charge in [-0.1, -0.05) is 0 Å². The van der Waals surface area contributed by atoms with Crippen LogP contribution in [-0.2, 0) is 0 Å². The van der Waals surface area contributed by atoms with Crippen molar-refractivity contribution >= 4 is 12.2 Å². The zero-order chi connectivity index (χ0) is 11.5. The Balaban J connectivity index is 5.16. The van der Waals surface area contributed by atoms with Gasteiger partial charge in [-0.3, -0.25) is 0 Å². The van der Waals surface area contributed by atoms with E-state index in [-0.39, 0.29) is 6.04 Å². The number of carbonyl (C=O) groups is 2. The molecule has 0 saturated carbocycles.